The molecule has 3 aromatic carbocycles. The van der Waals surface area contributed by atoms with Crippen LogP contribution in [0.4, 0.5) is 10.5 Å². The molecule has 622 valence electrons. The van der Waals surface area contributed by atoms with E-state index in [1.165, 1.54) is 31.8 Å². The highest BCUT2D eigenvalue weighted by atomic mass is 33.1. The molecule has 2 amide bonds. The van der Waals surface area contributed by atoms with Crippen molar-refractivity contribution in [2.24, 2.45) is 11.3 Å². The molecule has 30 nitrogen and oxygen atoms in total. The zero-order valence-electron chi connectivity index (χ0n) is 66.5. The van der Waals surface area contributed by atoms with Crippen molar-refractivity contribution in [3.05, 3.63) is 146 Å². The summed E-state index contributed by atoms with van der Waals surface area (Å²) in [5.41, 5.74) is 2.75. The lowest BCUT2D eigenvalue weighted by atomic mass is 9.47. The lowest BCUT2D eigenvalue weighted by Crippen LogP contribution is -2.81. The number of unbranched alkanes of at least 4 members (excludes halogenated alkanes) is 1. The van der Waals surface area contributed by atoms with Crippen LogP contribution in [0.3, 0.4) is 0 Å². The molecule has 7 aliphatic rings. The number of carbonyl (C=O) groups is 6. The standard InChI is InChI=1S/C84H107N13O17S2/c1-7-81(110)42-50-41-80(4,72-55(28-33-95(45-50)47-81)54-16-9-10-17-58(54)91-72)57-39-56-60(40-64(57)112-6)94(5)77-83(56)30-34-96-31-15-29-82(8-2,76(83)96)78(108)84(77,111)65(100)44-86-79(109)113-35-37-116-115-36-14-19-62(99)59(38-53-46-97(93-92-53)32-13-20-63-68(102)69(103)70(104)71(114-63)75(106)107)90-66(101)21-12-11-18-61(98)51-25-22-49(23-26-51)24-27-52-43-85-73-67(89-52)74(105)88-48(3)87-73/h9-10,15-17,22-23,25-26,29,39-40,43,46,50,59,63,68-71,76-78,91,102-104,108,110-111H,7-8,11-14,18-21,24,27-28,30-38,41-42,44-45,47H2,1-6H3,(H,86,109)(H,90,101)(H,106,107)(H,85,87,88,105)/t50?,59-,63?,68+,69+,70?,71?,76-,77+,78+,80+,81-,82+,83+,84-/m0/s1. The molecule has 4 fully saturated rings. The van der Waals surface area contributed by atoms with Crippen LogP contribution in [0.2, 0.25) is 0 Å². The van der Waals surface area contributed by atoms with Crippen molar-refractivity contribution < 1.29 is 78.7 Å². The molecule has 32 heteroatoms. The number of Topliss-reactive ketones (excluding diaryl/α,β-unsaturated/α-hetero) is 3. The third-order valence-electron chi connectivity index (χ3n) is 25.8. The van der Waals surface area contributed by atoms with E-state index in [1.54, 1.807) is 38.6 Å². The number of nitrogens with zero attached hydrogens (tertiary/aromatic N) is 9. The number of anilines is 1. The normalized spacial score (nSPS) is 28.8. The van der Waals surface area contributed by atoms with Gasteiger partial charge in [0.05, 0.1) is 55.0 Å². The van der Waals surface area contributed by atoms with Gasteiger partial charge in [0, 0.05) is 145 Å². The summed E-state index contributed by atoms with van der Waals surface area (Å²) in [5, 5.41) is 94.6. The third-order valence-corrected chi connectivity index (χ3v) is 28.2. The van der Waals surface area contributed by atoms with Crippen LogP contribution < -0.4 is 25.8 Å². The molecule has 2 bridgehead atoms. The zero-order chi connectivity index (χ0) is 82.2. The second-order valence-electron chi connectivity index (χ2n) is 33.0. The second-order valence-corrected chi connectivity index (χ2v) is 35.7. The van der Waals surface area contributed by atoms with E-state index in [9.17, 15) is 64.5 Å². The number of hydrogen-bond acceptors (Lipinski definition) is 26. The fraction of sp³-hybridized carbons (Fsp3) is 0.571. The molecule has 1 saturated carbocycles. The molecule has 0 radical (unpaired) electrons. The first kappa shape index (κ1) is 83.9. The molecule has 4 aromatic heterocycles. The number of methoxy groups -OCH3 is 1. The van der Waals surface area contributed by atoms with Gasteiger partial charge in [-0.2, -0.15) is 0 Å². The molecule has 116 heavy (non-hydrogen) atoms. The summed E-state index contributed by atoms with van der Waals surface area (Å²) in [5.74, 6) is -0.920. The number of fused-ring (bicyclic) bond motifs is 7. The number of carboxylic acids is 1. The number of aliphatic hydroxyl groups excluding tert-OH is 4. The number of carbonyl (C=O) groups excluding carboxylic acids is 5. The van der Waals surface area contributed by atoms with Crippen molar-refractivity contribution in [1.29, 1.82) is 0 Å². The Balaban J connectivity index is 0.585. The molecule has 16 atom stereocenters. The summed E-state index contributed by atoms with van der Waals surface area (Å²) in [4.78, 5) is 121. The number of para-hydroxylation sites is 1. The molecule has 14 rings (SSSR count). The minimum Gasteiger partial charge on any atom is -0.496 e. The first-order valence-corrected chi connectivity index (χ1v) is 43.1. The number of alkyl carbamates (subject to hydrolysis) is 1. The highest BCUT2D eigenvalue weighted by Gasteiger charge is 2.78. The minimum atomic E-state index is -2.42. The van der Waals surface area contributed by atoms with Crippen LogP contribution in [-0.2, 0) is 71.7 Å². The smallest absolute Gasteiger partial charge is 0.407 e. The summed E-state index contributed by atoms with van der Waals surface area (Å²) in [6.07, 6.45) is 3.59. The van der Waals surface area contributed by atoms with Gasteiger partial charge in [0.25, 0.3) is 5.56 Å². The van der Waals surface area contributed by atoms with Gasteiger partial charge in [0.15, 0.2) is 40.2 Å². The molecule has 10 heterocycles. The van der Waals surface area contributed by atoms with Crippen molar-refractivity contribution in [3.63, 3.8) is 0 Å². The maximum absolute atomic E-state index is 15.4. The fourth-order valence-electron chi connectivity index (χ4n) is 20.2. The number of H-pyrrole nitrogens is 2. The van der Waals surface area contributed by atoms with Gasteiger partial charge in [-0.3, -0.25) is 38.5 Å². The van der Waals surface area contributed by atoms with E-state index in [0.717, 1.165) is 58.5 Å². The number of aromatic nitrogens is 8. The first-order chi connectivity index (χ1) is 55.6. The summed E-state index contributed by atoms with van der Waals surface area (Å²) in [6, 6.07) is 17.7. The number of rotatable bonds is 33. The molecule has 6 aliphatic heterocycles. The number of aryl methyl sites for hydroxylation is 4. The highest BCUT2D eigenvalue weighted by molar-refractivity contribution is 8.76. The lowest BCUT2D eigenvalue weighted by Gasteiger charge is -2.63. The Labute approximate surface area is 680 Å². The van der Waals surface area contributed by atoms with E-state index >= 15 is 4.79 Å². The van der Waals surface area contributed by atoms with Gasteiger partial charge in [-0.15, -0.1) is 5.10 Å². The minimum absolute atomic E-state index is 0.00664. The third kappa shape index (κ3) is 16.3. The molecule has 11 N–H and O–H groups in total. The van der Waals surface area contributed by atoms with Crippen LogP contribution in [0.5, 0.6) is 5.75 Å². The lowest BCUT2D eigenvalue weighted by molar-refractivity contribution is -0.228. The number of aromatic amines is 2. The molecule has 5 unspecified atom stereocenters. The molecule has 1 aliphatic carbocycles. The number of ether oxygens (including phenoxy) is 3. The van der Waals surface area contributed by atoms with Gasteiger partial charge in [-0.05, 0) is 139 Å². The SMILES string of the molecule is CC[C@]1(O)CC2CN(CCc3c([nH]c4ccccc34)[C@@](C)(c3cc4c(cc3OC)N(C)[C@H]3[C@@](O)(C(=O)CNC(=O)OCCSSCCCC(=O)[C@H](Cc5cn(CCCC6OC(C(=O)O)C(O)[C@H](O)[C@@H]6O)nn5)NC(=O)CCCCC(=O)c5ccc(CCc6cnc7nc(C)[nH]c(=O)c7n6)cc5)[C@H](O)[C@]5(CC)C=CCN6CC[C@]43[C@@H]65)C2)C1. The average Bonchev–Trinajstić information content (AvgIpc) is 1.47. The topological polar surface area (TPSA) is 424 Å². The molecule has 3 saturated heterocycles. The Morgan fingerprint density at radius 1 is 0.853 bits per heavy atom. The maximum Gasteiger partial charge on any atom is 0.407 e. The van der Waals surface area contributed by atoms with E-state index in [2.05, 4.69) is 106 Å². The van der Waals surface area contributed by atoms with E-state index in [1.807, 2.05) is 43.2 Å². The quantitative estimate of drug-likeness (QED) is 0.0101. The van der Waals surface area contributed by atoms with Crippen LogP contribution in [-0.4, -0.2) is 258 Å². The number of nitrogens with one attached hydrogen (secondary N) is 4. The highest BCUT2D eigenvalue weighted by Crippen LogP contribution is 2.68. The number of aliphatic carboxylic acids is 1. The Morgan fingerprint density at radius 3 is 2.41 bits per heavy atom. The van der Waals surface area contributed by atoms with Gasteiger partial charge >= 0.3 is 12.1 Å². The van der Waals surface area contributed by atoms with Gasteiger partial charge in [-0.25, -0.2) is 24.5 Å². The van der Waals surface area contributed by atoms with E-state index in [0.29, 0.717) is 130 Å². The van der Waals surface area contributed by atoms with E-state index in [-0.39, 0.29) is 85.5 Å². The number of likely N-dealkylation sites (N-methyl/N-ethyl adjacent to an activating group) is 1. The summed E-state index contributed by atoms with van der Waals surface area (Å²) < 4.78 is 19.0. The Kier molecular flexibility index (Phi) is 25.2. The Bertz CT molecular complexity index is 4910. The average molecular weight is 1630 g/mol. The predicted octanol–water partition coefficient (Wildman–Crippen LogP) is 5.72. The van der Waals surface area contributed by atoms with Crippen molar-refractivity contribution in [2.45, 2.75) is 220 Å². The van der Waals surface area contributed by atoms with Crippen molar-refractivity contribution >= 4 is 84.7 Å². The molecular formula is C84H107N13O17S2. The molecular weight excluding hydrogens is 1530 g/mol. The van der Waals surface area contributed by atoms with Gasteiger partial charge in [0.2, 0.25) is 5.91 Å². The summed E-state index contributed by atoms with van der Waals surface area (Å²) in [6.45, 7) is 11.1. The van der Waals surface area contributed by atoms with E-state index < -0.39 is 106 Å². The van der Waals surface area contributed by atoms with Crippen molar-refractivity contribution in [1.82, 2.24) is 60.3 Å². The van der Waals surface area contributed by atoms with Gasteiger partial charge in [-0.1, -0.05) is 95.3 Å². The van der Waals surface area contributed by atoms with Crippen LogP contribution in [0.25, 0.3) is 22.1 Å². The number of hydrogen-bond donors (Lipinski definition) is 11. The molecule has 1 spiro atoms. The van der Waals surface area contributed by atoms with Crippen molar-refractivity contribution in [3.8, 4) is 5.75 Å². The first-order valence-electron chi connectivity index (χ1n) is 40.6. The Hall–Kier alpha value is -8.54. The number of amides is 2. The van der Waals surface area contributed by atoms with Crippen LogP contribution >= 0.6 is 21.6 Å². The Morgan fingerprint density at radius 2 is 1.64 bits per heavy atom. The summed E-state index contributed by atoms with van der Waals surface area (Å²) >= 11 is 0. The zero-order valence-corrected chi connectivity index (χ0v) is 68.1. The maximum atomic E-state index is 15.4. The van der Waals surface area contributed by atoms with Crippen molar-refractivity contribution in [2.75, 3.05) is 76.4 Å². The number of ketones is 3. The van der Waals surface area contributed by atoms with E-state index in [4.69, 9.17) is 14.2 Å². The number of benzene rings is 3. The van der Waals surface area contributed by atoms with Crippen LogP contribution in [0.15, 0.2) is 90.0 Å². The van der Waals surface area contributed by atoms with Crippen LogP contribution in [0, 0.1) is 18.3 Å². The molecule has 7 aromatic rings. The van der Waals surface area contributed by atoms with Crippen LogP contribution in [0.1, 0.15) is 160 Å². The largest absolute Gasteiger partial charge is 0.496 e. The number of carboxylic acid groups (broad SMARTS) is 1. The monoisotopic (exact) mass is 1630 g/mol. The second kappa shape index (κ2) is 34.8. The fourth-order valence-corrected chi connectivity index (χ4v) is 22.1. The summed E-state index contributed by atoms with van der Waals surface area (Å²) in [7, 11) is 6.43. The van der Waals surface area contributed by atoms with Gasteiger partial charge < -0.3 is 75.5 Å². The number of piperidine rings is 1. The predicted molar refractivity (Wildman–Crippen MR) is 435 cm³/mol. The number of aliphatic hydroxyl groups is 6. The van der Waals surface area contributed by atoms with Gasteiger partial charge in [0.1, 0.15) is 42.6 Å².